The molecular formula is C13H26N2O. The number of nitrogens with one attached hydrogen (secondary N) is 1. The highest BCUT2D eigenvalue weighted by molar-refractivity contribution is 5.77. The van der Waals surface area contributed by atoms with Crippen LogP contribution in [0.3, 0.4) is 0 Å². The largest absolute Gasteiger partial charge is 0.355 e. The maximum absolute atomic E-state index is 11.6. The van der Waals surface area contributed by atoms with Crippen LogP contribution in [0.5, 0.6) is 0 Å². The molecule has 16 heavy (non-hydrogen) atoms. The zero-order chi connectivity index (χ0) is 12.0. The van der Waals surface area contributed by atoms with Gasteiger partial charge in [-0.05, 0) is 45.1 Å². The van der Waals surface area contributed by atoms with E-state index in [1.807, 2.05) is 0 Å². The summed E-state index contributed by atoms with van der Waals surface area (Å²) < 4.78 is 0. The third kappa shape index (κ3) is 4.52. The molecule has 0 aromatic rings. The predicted octanol–water partition coefficient (Wildman–Crippen LogP) is 2.02. The lowest BCUT2D eigenvalue weighted by molar-refractivity contribution is -0.122. The number of carbonyl (C=O) groups is 1. The second-order valence-electron chi connectivity index (χ2n) is 5.18. The number of carbonyl (C=O) groups excluding carboxylic acids is 1. The molecule has 0 bridgehead atoms. The Labute approximate surface area is 99.6 Å². The first-order valence-corrected chi connectivity index (χ1v) is 6.60. The van der Waals surface area contributed by atoms with E-state index in [2.05, 4.69) is 31.1 Å². The van der Waals surface area contributed by atoms with Gasteiger partial charge in [-0.1, -0.05) is 13.8 Å². The Morgan fingerprint density at radius 1 is 1.31 bits per heavy atom. The average molecular weight is 226 g/mol. The van der Waals surface area contributed by atoms with Crippen molar-refractivity contribution in [1.29, 1.82) is 0 Å². The fraction of sp³-hybridized carbons (Fsp3) is 0.923. The van der Waals surface area contributed by atoms with Crippen LogP contribution in [0, 0.1) is 5.92 Å². The summed E-state index contributed by atoms with van der Waals surface area (Å²) in [6, 6.07) is 0.614. The third-order valence-corrected chi connectivity index (χ3v) is 3.57. The first-order chi connectivity index (χ1) is 7.63. The highest BCUT2D eigenvalue weighted by Gasteiger charge is 2.22. The molecular weight excluding hydrogens is 200 g/mol. The van der Waals surface area contributed by atoms with Crippen molar-refractivity contribution in [2.24, 2.45) is 5.92 Å². The van der Waals surface area contributed by atoms with E-state index >= 15 is 0 Å². The van der Waals surface area contributed by atoms with Crippen molar-refractivity contribution in [1.82, 2.24) is 10.2 Å². The molecule has 0 aromatic carbocycles. The van der Waals surface area contributed by atoms with Crippen molar-refractivity contribution in [2.45, 2.75) is 52.0 Å². The van der Waals surface area contributed by atoms with Gasteiger partial charge in [-0.3, -0.25) is 9.69 Å². The molecule has 0 aromatic heterocycles. The van der Waals surface area contributed by atoms with Gasteiger partial charge < -0.3 is 5.32 Å². The van der Waals surface area contributed by atoms with E-state index in [1.54, 1.807) is 0 Å². The lowest BCUT2D eigenvalue weighted by Crippen LogP contribution is -2.42. The predicted molar refractivity (Wildman–Crippen MR) is 67.4 cm³/mol. The van der Waals surface area contributed by atoms with Crippen LogP contribution in [-0.2, 0) is 4.79 Å². The summed E-state index contributed by atoms with van der Waals surface area (Å²) in [4.78, 5) is 13.8. The number of hydrogen-bond donors (Lipinski definition) is 1. The van der Waals surface area contributed by atoms with Gasteiger partial charge in [0, 0.05) is 12.6 Å². The van der Waals surface area contributed by atoms with Crippen LogP contribution in [0.4, 0.5) is 0 Å². The number of likely N-dealkylation sites (N-methyl/N-ethyl adjacent to an activating group) is 1. The zero-order valence-electron chi connectivity index (χ0n) is 11.0. The second-order valence-corrected chi connectivity index (χ2v) is 5.18. The van der Waals surface area contributed by atoms with E-state index in [0.717, 1.165) is 18.9 Å². The summed E-state index contributed by atoms with van der Waals surface area (Å²) in [5.41, 5.74) is 0. The molecule has 1 rings (SSSR count). The van der Waals surface area contributed by atoms with Crippen molar-refractivity contribution >= 4 is 5.91 Å². The van der Waals surface area contributed by atoms with E-state index in [0.29, 0.717) is 12.6 Å². The minimum Gasteiger partial charge on any atom is -0.355 e. The number of hydrogen-bond acceptors (Lipinski definition) is 2. The van der Waals surface area contributed by atoms with Crippen LogP contribution in [0.25, 0.3) is 0 Å². The topological polar surface area (TPSA) is 32.3 Å². The van der Waals surface area contributed by atoms with Gasteiger partial charge in [-0.2, -0.15) is 0 Å². The van der Waals surface area contributed by atoms with E-state index in [-0.39, 0.29) is 5.91 Å². The molecule has 0 radical (unpaired) electrons. The Balaban J connectivity index is 2.23. The molecule has 0 spiro atoms. The normalized spacial score (nSPS) is 25.8. The Bertz CT molecular complexity index is 210. The van der Waals surface area contributed by atoms with Gasteiger partial charge in [0.15, 0.2) is 0 Å². The van der Waals surface area contributed by atoms with Crippen LogP contribution in [0.1, 0.15) is 46.0 Å². The van der Waals surface area contributed by atoms with Gasteiger partial charge in [0.2, 0.25) is 5.91 Å². The first-order valence-electron chi connectivity index (χ1n) is 6.60. The molecule has 1 amide bonds. The molecule has 0 aliphatic heterocycles. The summed E-state index contributed by atoms with van der Waals surface area (Å²) in [5.74, 6) is 1.04. The van der Waals surface area contributed by atoms with E-state index in [4.69, 9.17) is 0 Å². The molecule has 3 nitrogen and oxygen atoms in total. The highest BCUT2D eigenvalue weighted by Crippen LogP contribution is 2.26. The van der Waals surface area contributed by atoms with Gasteiger partial charge in [0.05, 0.1) is 6.54 Å². The van der Waals surface area contributed by atoms with Crippen LogP contribution in [0.2, 0.25) is 0 Å². The molecule has 1 saturated carbocycles. The zero-order valence-corrected chi connectivity index (χ0v) is 11.0. The fourth-order valence-corrected chi connectivity index (χ4v) is 2.36. The molecule has 0 atom stereocenters. The molecule has 94 valence electrons. The van der Waals surface area contributed by atoms with Gasteiger partial charge in [-0.15, -0.1) is 0 Å². The quantitative estimate of drug-likeness (QED) is 0.778. The number of rotatable bonds is 5. The van der Waals surface area contributed by atoms with Crippen LogP contribution in [0.15, 0.2) is 0 Å². The van der Waals surface area contributed by atoms with Crippen LogP contribution < -0.4 is 5.32 Å². The lowest BCUT2D eigenvalue weighted by Gasteiger charge is -2.33. The van der Waals surface area contributed by atoms with Crippen molar-refractivity contribution in [2.75, 3.05) is 20.1 Å². The first kappa shape index (κ1) is 13.5. The van der Waals surface area contributed by atoms with Gasteiger partial charge in [0.1, 0.15) is 0 Å². The summed E-state index contributed by atoms with van der Waals surface area (Å²) in [7, 11) is 2.08. The smallest absolute Gasteiger partial charge is 0.234 e. The SMILES string of the molecule is CCCNC(=O)CN(C)C1CCC(C)CC1. The van der Waals surface area contributed by atoms with Gasteiger partial charge in [0.25, 0.3) is 0 Å². The Morgan fingerprint density at radius 2 is 1.94 bits per heavy atom. The average Bonchev–Trinajstić information content (AvgIpc) is 2.27. The minimum atomic E-state index is 0.169. The van der Waals surface area contributed by atoms with Crippen molar-refractivity contribution < 1.29 is 4.79 Å². The Kier molecular flexibility index (Phi) is 5.81. The third-order valence-electron chi connectivity index (χ3n) is 3.57. The second kappa shape index (κ2) is 6.89. The Morgan fingerprint density at radius 3 is 2.50 bits per heavy atom. The number of amides is 1. The Hall–Kier alpha value is -0.570. The fourth-order valence-electron chi connectivity index (χ4n) is 2.36. The monoisotopic (exact) mass is 226 g/mol. The molecule has 1 N–H and O–H groups in total. The van der Waals surface area contributed by atoms with Crippen molar-refractivity contribution in [3.8, 4) is 0 Å². The number of nitrogens with zero attached hydrogens (tertiary/aromatic N) is 1. The molecule has 1 aliphatic rings. The molecule has 0 unspecified atom stereocenters. The van der Waals surface area contributed by atoms with E-state index < -0.39 is 0 Å². The maximum Gasteiger partial charge on any atom is 0.234 e. The van der Waals surface area contributed by atoms with Crippen molar-refractivity contribution in [3.05, 3.63) is 0 Å². The minimum absolute atomic E-state index is 0.169. The molecule has 1 fully saturated rings. The summed E-state index contributed by atoms with van der Waals surface area (Å²) in [6.07, 6.45) is 6.13. The van der Waals surface area contributed by atoms with Crippen LogP contribution >= 0.6 is 0 Å². The van der Waals surface area contributed by atoms with Gasteiger partial charge in [-0.25, -0.2) is 0 Å². The lowest BCUT2D eigenvalue weighted by atomic mass is 9.87. The maximum atomic E-state index is 11.6. The standard InChI is InChI=1S/C13H26N2O/c1-4-9-14-13(16)10-15(3)12-7-5-11(2)6-8-12/h11-12H,4-10H2,1-3H3,(H,14,16). The van der Waals surface area contributed by atoms with E-state index in [1.165, 1.54) is 25.7 Å². The summed E-state index contributed by atoms with van der Waals surface area (Å²) >= 11 is 0. The summed E-state index contributed by atoms with van der Waals surface area (Å²) in [5, 5.41) is 2.93. The summed E-state index contributed by atoms with van der Waals surface area (Å²) in [6.45, 7) is 5.75. The highest BCUT2D eigenvalue weighted by atomic mass is 16.2. The van der Waals surface area contributed by atoms with Crippen molar-refractivity contribution in [3.63, 3.8) is 0 Å². The molecule has 1 aliphatic carbocycles. The molecule has 0 heterocycles. The van der Waals surface area contributed by atoms with Gasteiger partial charge >= 0.3 is 0 Å². The molecule has 0 saturated heterocycles. The molecule has 3 heteroatoms. The van der Waals surface area contributed by atoms with E-state index in [9.17, 15) is 4.79 Å². The van der Waals surface area contributed by atoms with Crippen LogP contribution in [-0.4, -0.2) is 37.0 Å².